The van der Waals surface area contributed by atoms with Crippen LogP contribution in [0.2, 0.25) is 0 Å². The molecule has 0 spiro atoms. The van der Waals surface area contributed by atoms with Crippen LogP contribution in [0.25, 0.3) is 0 Å². The van der Waals surface area contributed by atoms with E-state index in [0.29, 0.717) is 5.57 Å². The Morgan fingerprint density at radius 3 is 2.59 bits per heavy atom. The molecule has 0 heterocycles. The Bertz CT molecular complexity index is 287. The first kappa shape index (κ1) is 13.1. The number of aliphatic hydroxyl groups excluding tert-OH is 1. The number of hydrogen-bond acceptors (Lipinski definition) is 2. The lowest BCUT2D eigenvalue weighted by Gasteiger charge is -2.45. The van der Waals surface area contributed by atoms with Gasteiger partial charge in [-0.1, -0.05) is 32.3 Å². The van der Waals surface area contributed by atoms with Gasteiger partial charge in [-0.15, -0.1) is 0 Å². The lowest BCUT2D eigenvalue weighted by Crippen LogP contribution is -2.42. The van der Waals surface area contributed by atoms with Crippen LogP contribution in [-0.4, -0.2) is 17.0 Å². The molecule has 0 saturated heterocycles. The second kappa shape index (κ2) is 5.11. The quantitative estimate of drug-likeness (QED) is 0.601. The molecule has 0 aliphatic heterocycles. The molecule has 0 aromatic carbocycles. The van der Waals surface area contributed by atoms with E-state index in [4.69, 9.17) is 4.74 Å². The Morgan fingerprint density at radius 2 is 1.94 bits per heavy atom. The summed E-state index contributed by atoms with van der Waals surface area (Å²) in [6.07, 6.45) is 8.22. The smallest absolute Gasteiger partial charge is 0.177 e. The summed E-state index contributed by atoms with van der Waals surface area (Å²) in [7, 11) is 0. The first-order valence-electron chi connectivity index (χ1n) is 7.01. The van der Waals surface area contributed by atoms with Crippen LogP contribution < -0.4 is 0 Å². The van der Waals surface area contributed by atoms with Crippen molar-refractivity contribution in [2.45, 2.75) is 70.7 Å². The van der Waals surface area contributed by atoms with Crippen molar-refractivity contribution in [3.05, 3.63) is 12.2 Å². The molecule has 2 nitrogen and oxygen atoms in total. The molecule has 2 saturated carbocycles. The molecular weight excluding hydrogens is 212 g/mol. The standard InChI is InChI=1S/C15H26O2/c1-11(2)14(16)17-15(3)9-8-12-6-4-5-7-13(12)10-15/h12-14,16H,1,4-10H2,2-3H3. The van der Waals surface area contributed by atoms with E-state index in [2.05, 4.69) is 13.5 Å². The third-order valence-corrected chi connectivity index (χ3v) is 4.62. The van der Waals surface area contributed by atoms with E-state index in [1.165, 1.54) is 32.1 Å². The highest BCUT2D eigenvalue weighted by Crippen LogP contribution is 2.45. The Balaban J connectivity index is 1.95. The van der Waals surface area contributed by atoms with E-state index in [1.54, 1.807) is 0 Å². The summed E-state index contributed by atoms with van der Waals surface area (Å²) in [5.41, 5.74) is 0.564. The molecule has 2 heteroatoms. The minimum atomic E-state index is -0.792. The van der Waals surface area contributed by atoms with Gasteiger partial charge in [0.05, 0.1) is 5.60 Å². The van der Waals surface area contributed by atoms with Crippen LogP contribution in [0.5, 0.6) is 0 Å². The van der Waals surface area contributed by atoms with Crippen LogP contribution in [0.1, 0.15) is 58.8 Å². The van der Waals surface area contributed by atoms with Crippen LogP contribution in [0, 0.1) is 11.8 Å². The molecule has 2 aliphatic carbocycles. The molecule has 1 N–H and O–H groups in total. The fourth-order valence-corrected chi connectivity index (χ4v) is 3.56. The van der Waals surface area contributed by atoms with Gasteiger partial charge in [0, 0.05) is 0 Å². The lowest BCUT2D eigenvalue weighted by molar-refractivity contribution is -0.183. The SMILES string of the molecule is C=C(C)C(O)OC1(C)CCC2CCCCC2C1. The summed E-state index contributed by atoms with van der Waals surface area (Å²) in [5.74, 6) is 1.74. The highest BCUT2D eigenvalue weighted by atomic mass is 16.6. The largest absolute Gasteiger partial charge is 0.364 e. The topological polar surface area (TPSA) is 29.5 Å². The lowest BCUT2D eigenvalue weighted by atomic mass is 9.66. The van der Waals surface area contributed by atoms with E-state index >= 15 is 0 Å². The van der Waals surface area contributed by atoms with Gasteiger partial charge in [0.25, 0.3) is 0 Å². The van der Waals surface area contributed by atoms with E-state index in [0.717, 1.165) is 24.7 Å². The fraction of sp³-hybridized carbons (Fsp3) is 0.867. The van der Waals surface area contributed by atoms with Gasteiger partial charge in [0.1, 0.15) is 0 Å². The summed E-state index contributed by atoms with van der Waals surface area (Å²) >= 11 is 0. The first-order valence-corrected chi connectivity index (χ1v) is 7.01. The van der Waals surface area contributed by atoms with E-state index in [9.17, 15) is 5.11 Å². The number of ether oxygens (including phenoxy) is 1. The molecule has 98 valence electrons. The van der Waals surface area contributed by atoms with Gasteiger partial charge < -0.3 is 9.84 Å². The van der Waals surface area contributed by atoms with Crippen LogP contribution in [0.3, 0.4) is 0 Å². The summed E-state index contributed by atoms with van der Waals surface area (Å²) < 4.78 is 5.85. The van der Waals surface area contributed by atoms with Crippen molar-refractivity contribution in [2.24, 2.45) is 11.8 Å². The summed E-state index contributed by atoms with van der Waals surface area (Å²) in [5, 5.41) is 9.82. The molecule has 2 fully saturated rings. The highest BCUT2D eigenvalue weighted by Gasteiger charge is 2.40. The minimum Gasteiger partial charge on any atom is -0.364 e. The first-order chi connectivity index (χ1) is 8.00. The second-order valence-electron chi connectivity index (χ2n) is 6.31. The summed E-state index contributed by atoms with van der Waals surface area (Å²) in [6.45, 7) is 7.73. The predicted octanol–water partition coefficient (Wildman–Crippen LogP) is 3.65. The van der Waals surface area contributed by atoms with Crippen molar-refractivity contribution < 1.29 is 9.84 Å². The number of hydrogen-bond donors (Lipinski definition) is 1. The zero-order chi connectivity index (χ0) is 12.5. The highest BCUT2D eigenvalue weighted by molar-refractivity contribution is 4.96. The maximum absolute atomic E-state index is 9.82. The van der Waals surface area contributed by atoms with Crippen molar-refractivity contribution in [3.63, 3.8) is 0 Å². The van der Waals surface area contributed by atoms with Gasteiger partial charge in [-0.05, 0) is 50.5 Å². The van der Waals surface area contributed by atoms with Gasteiger partial charge in [-0.25, -0.2) is 0 Å². The predicted molar refractivity (Wildman–Crippen MR) is 69.6 cm³/mol. The Kier molecular flexibility index (Phi) is 3.94. The molecule has 2 aliphatic rings. The van der Waals surface area contributed by atoms with Crippen molar-refractivity contribution in [3.8, 4) is 0 Å². The molecule has 0 bridgehead atoms. The molecule has 0 aromatic rings. The monoisotopic (exact) mass is 238 g/mol. The molecule has 2 rings (SSSR count). The Labute approximate surface area is 105 Å². The zero-order valence-electron chi connectivity index (χ0n) is 11.2. The average Bonchev–Trinajstić information content (AvgIpc) is 2.28. The second-order valence-corrected chi connectivity index (χ2v) is 6.31. The third-order valence-electron chi connectivity index (χ3n) is 4.62. The Hall–Kier alpha value is -0.340. The van der Waals surface area contributed by atoms with Gasteiger partial charge in [-0.2, -0.15) is 0 Å². The Morgan fingerprint density at radius 1 is 1.29 bits per heavy atom. The van der Waals surface area contributed by atoms with Crippen LogP contribution in [0.15, 0.2) is 12.2 Å². The van der Waals surface area contributed by atoms with Crippen LogP contribution in [0.4, 0.5) is 0 Å². The van der Waals surface area contributed by atoms with Crippen LogP contribution >= 0.6 is 0 Å². The molecule has 17 heavy (non-hydrogen) atoms. The summed E-state index contributed by atoms with van der Waals surface area (Å²) in [4.78, 5) is 0. The van der Waals surface area contributed by atoms with Crippen molar-refractivity contribution in [1.29, 1.82) is 0 Å². The van der Waals surface area contributed by atoms with Gasteiger partial charge >= 0.3 is 0 Å². The number of fused-ring (bicyclic) bond motifs is 1. The fourth-order valence-electron chi connectivity index (χ4n) is 3.56. The van der Waals surface area contributed by atoms with Gasteiger partial charge in [-0.3, -0.25) is 0 Å². The normalized spacial score (nSPS) is 39.5. The molecule has 4 unspecified atom stereocenters. The van der Waals surface area contributed by atoms with Crippen molar-refractivity contribution >= 4 is 0 Å². The minimum absolute atomic E-state index is 0.142. The van der Waals surface area contributed by atoms with E-state index in [1.807, 2.05) is 6.92 Å². The van der Waals surface area contributed by atoms with Gasteiger partial charge in [0.2, 0.25) is 0 Å². The molecule has 0 amide bonds. The van der Waals surface area contributed by atoms with Gasteiger partial charge in [0.15, 0.2) is 6.29 Å². The molecular formula is C15H26O2. The maximum Gasteiger partial charge on any atom is 0.177 e. The number of aliphatic hydroxyl groups is 1. The van der Waals surface area contributed by atoms with Crippen molar-refractivity contribution in [1.82, 2.24) is 0 Å². The van der Waals surface area contributed by atoms with Crippen LogP contribution in [-0.2, 0) is 4.74 Å². The molecule has 0 aromatic heterocycles. The van der Waals surface area contributed by atoms with Crippen molar-refractivity contribution in [2.75, 3.05) is 0 Å². The maximum atomic E-state index is 9.82. The molecule has 4 atom stereocenters. The van der Waals surface area contributed by atoms with E-state index in [-0.39, 0.29) is 5.60 Å². The zero-order valence-corrected chi connectivity index (χ0v) is 11.2. The average molecular weight is 238 g/mol. The summed E-state index contributed by atoms with van der Waals surface area (Å²) in [6, 6.07) is 0. The number of rotatable bonds is 3. The molecule has 0 radical (unpaired) electrons. The third kappa shape index (κ3) is 3.11. The van der Waals surface area contributed by atoms with E-state index < -0.39 is 6.29 Å².